The first-order chi connectivity index (χ1) is 13.1. The molecule has 0 aliphatic heterocycles. The molecule has 2 aromatic carbocycles. The van der Waals surface area contributed by atoms with Gasteiger partial charge < -0.3 is 4.57 Å². The number of nitro groups is 1. The summed E-state index contributed by atoms with van der Waals surface area (Å²) in [6, 6.07) is 13.1. The molecule has 1 aromatic heterocycles. The van der Waals surface area contributed by atoms with Crippen LogP contribution in [-0.4, -0.2) is 9.49 Å². The molecule has 1 heterocycles. The third-order valence-corrected chi connectivity index (χ3v) is 5.68. The Bertz CT molecular complexity index is 1030. The lowest BCUT2D eigenvalue weighted by molar-refractivity contribution is -0.384. The van der Waals surface area contributed by atoms with Crippen molar-refractivity contribution >= 4 is 22.7 Å². The molecule has 4 rings (SSSR count). The lowest BCUT2D eigenvalue weighted by Gasteiger charge is -2.16. The van der Waals surface area contributed by atoms with Crippen LogP contribution in [0.25, 0.3) is 11.3 Å². The second-order valence-corrected chi connectivity index (χ2v) is 7.44. The standard InChI is InChI=1S/C20H18FN3O2S/c21-15-8-10-16(11-9-15)22-20-23(17-5-1-2-6-17)19(13-27-20)14-4-3-7-18(12-14)24(25)26/h3-4,7-13,17H,1-2,5-6H2. The van der Waals surface area contributed by atoms with E-state index in [1.54, 1.807) is 24.3 Å². The van der Waals surface area contributed by atoms with Gasteiger partial charge in [0.2, 0.25) is 0 Å². The minimum Gasteiger partial charge on any atom is -0.313 e. The van der Waals surface area contributed by atoms with Crippen molar-refractivity contribution in [2.24, 2.45) is 4.99 Å². The fourth-order valence-corrected chi connectivity index (χ4v) is 4.52. The summed E-state index contributed by atoms with van der Waals surface area (Å²) in [5.41, 5.74) is 2.52. The summed E-state index contributed by atoms with van der Waals surface area (Å²) >= 11 is 1.50. The van der Waals surface area contributed by atoms with Crippen molar-refractivity contribution in [2.45, 2.75) is 31.7 Å². The van der Waals surface area contributed by atoms with Crippen molar-refractivity contribution in [1.29, 1.82) is 0 Å². The molecule has 0 bridgehead atoms. The molecule has 5 nitrogen and oxygen atoms in total. The van der Waals surface area contributed by atoms with Gasteiger partial charge in [0.25, 0.3) is 5.69 Å². The Balaban J connectivity index is 1.85. The van der Waals surface area contributed by atoms with Gasteiger partial charge in [-0.05, 0) is 37.1 Å². The minimum atomic E-state index is -0.375. The van der Waals surface area contributed by atoms with Crippen molar-refractivity contribution in [3.8, 4) is 11.3 Å². The number of thiazole rings is 1. The monoisotopic (exact) mass is 383 g/mol. The van der Waals surface area contributed by atoms with E-state index in [4.69, 9.17) is 4.99 Å². The van der Waals surface area contributed by atoms with E-state index in [0.717, 1.165) is 41.7 Å². The van der Waals surface area contributed by atoms with Crippen LogP contribution in [0.4, 0.5) is 15.8 Å². The third kappa shape index (κ3) is 3.68. The van der Waals surface area contributed by atoms with Crippen LogP contribution in [0.1, 0.15) is 31.7 Å². The smallest absolute Gasteiger partial charge is 0.270 e. The maximum Gasteiger partial charge on any atom is 0.270 e. The summed E-state index contributed by atoms with van der Waals surface area (Å²) in [6.45, 7) is 0. The predicted molar refractivity (Wildman–Crippen MR) is 104 cm³/mol. The SMILES string of the molecule is O=[N+]([O-])c1cccc(-c2csc(=Nc3ccc(F)cc3)n2C2CCCC2)c1. The quantitative estimate of drug-likeness (QED) is 0.434. The maximum atomic E-state index is 13.2. The van der Waals surface area contributed by atoms with E-state index in [9.17, 15) is 14.5 Å². The second-order valence-electron chi connectivity index (χ2n) is 6.61. The van der Waals surface area contributed by atoms with E-state index in [0.29, 0.717) is 11.7 Å². The molecule has 138 valence electrons. The van der Waals surface area contributed by atoms with Crippen LogP contribution >= 0.6 is 11.3 Å². The summed E-state index contributed by atoms with van der Waals surface area (Å²) in [5, 5.41) is 13.2. The van der Waals surface area contributed by atoms with Crippen LogP contribution < -0.4 is 4.80 Å². The van der Waals surface area contributed by atoms with Crippen molar-refractivity contribution in [3.05, 3.63) is 74.6 Å². The van der Waals surface area contributed by atoms with Crippen molar-refractivity contribution in [2.75, 3.05) is 0 Å². The molecular weight excluding hydrogens is 365 g/mol. The van der Waals surface area contributed by atoms with E-state index in [-0.39, 0.29) is 16.4 Å². The molecule has 0 saturated heterocycles. The van der Waals surface area contributed by atoms with Gasteiger partial charge >= 0.3 is 0 Å². The topological polar surface area (TPSA) is 60.4 Å². The van der Waals surface area contributed by atoms with Gasteiger partial charge in [-0.25, -0.2) is 9.38 Å². The van der Waals surface area contributed by atoms with Crippen LogP contribution in [0, 0.1) is 15.9 Å². The average molecular weight is 383 g/mol. The number of halogens is 1. The average Bonchev–Trinajstić information content (AvgIpc) is 3.33. The molecule has 1 saturated carbocycles. The fourth-order valence-electron chi connectivity index (χ4n) is 3.53. The van der Waals surface area contributed by atoms with Gasteiger partial charge in [0.1, 0.15) is 5.82 Å². The number of rotatable bonds is 4. The van der Waals surface area contributed by atoms with Gasteiger partial charge in [-0.2, -0.15) is 0 Å². The number of non-ortho nitro benzene ring substituents is 1. The Morgan fingerprint density at radius 3 is 2.59 bits per heavy atom. The molecular formula is C20H18FN3O2S. The molecule has 0 atom stereocenters. The Hall–Kier alpha value is -2.80. The molecule has 1 aliphatic rings. The van der Waals surface area contributed by atoms with Crippen LogP contribution in [0.2, 0.25) is 0 Å². The number of nitro benzene ring substituents is 1. The predicted octanol–water partition coefficient (Wildman–Crippen LogP) is 5.61. The number of benzene rings is 2. The zero-order chi connectivity index (χ0) is 18.8. The maximum absolute atomic E-state index is 13.2. The molecule has 1 aliphatic carbocycles. The molecule has 0 amide bonds. The first-order valence-electron chi connectivity index (χ1n) is 8.87. The Labute approximate surface area is 159 Å². The number of hydrogen-bond acceptors (Lipinski definition) is 4. The van der Waals surface area contributed by atoms with Crippen LogP contribution in [0.3, 0.4) is 0 Å². The Kier molecular flexibility index (Phi) is 4.85. The second kappa shape index (κ2) is 7.44. The van der Waals surface area contributed by atoms with Gasteiger partial charge in [0.15, 0.2) is 4.80 Å². The van der Waals surface area contributed by atoms with Crippen molar-refractivity contribution < 1.29 is 9.31 Å². The fraction of sp³-hybridized carbons (Fsp3) is 0.250. The first-order valence-corrected chi connectivity index (χ1v) is 9.75. The molecule has 0 N–H and O–H groups in total. The lowest BCUT2D eigenvalue weighted by atomic mass is 10.1. The highest BCUT2D eigenvalue weighted by Crippen LogP contribution is 2.34. The normalized spacial score (nSPS) is 15.4. The van der Waals surface area contributed by atoms with Gasteiger partial charge in [0, 0.05) is 29.1 Å². The molecule has 0 unspecified atom stereocenters. The van der Waals surface area contributed by atoms with E-state index in [2.05, 4.69) is 4.57 Å². The zero-order valence-electron chi connectivity index (χ0n) is 14.5. The Morgan fingerprint density at radius 1 is 1.15 bits per heavy atom. The molecule has 3 aromatic rings. The molecule has 0 spiro atoms. The van der Waals surface area contributed by atoms with Crippen molar-refractivity contribution in [3.63, 3.8) is 0 Å². The summed E-state index contributed by atoms with van der Waals surface area (Å²) < 4.78 is 15.4. The third-order valence-electron chi connectivity index (χ3n) is 4.84. The summed E-state index contributed by atoms with van der Waals surface area (Å²) in [4.78, 5) is 16.3. The van der Waals surface area contributed by atoms with Gasteiger partial charge in [-0.15, -0.1) is 11.3 Å². The highest BCUT2D eigenvalue weighted by molar-refractivity contribution is 7.07. The summed E-state index contributed by atoms with van der Waals surface area (Å²) in [6.07, 6.45) is 4.46. The molecule has 7 heteroatoms. The highest BCUT2D eigenvalue weighted by atomic mass is 32.1. The lowest BCUT2D eigenvalue weighted by Crippen LogP contribution is -2.19. The van der Waals surface area contributed by atoms with E-state index >= 15 is 0 Å². The molecule has 27 heavy (non-hydrogen) atoms. The van der Waals surface area contributed by atoms with Crippen LogP contribution in [0.5, 0.6) is 0 Å². The molecule has 0 radical (unpaired) electrons. The minimum absolute atomic E-state index is 0.0775. The number of nitrogens with zero attached hydrogens (tertiary/aromatic N) is 3. The Morgan fingerprint density at radius 2 is 1.89 bits per heavy atom. The van der Waals surface area contributed by atoms with Crippen molar-refractivity contribution in [1.82, 2.24) is 4.57 Å². The van der Waals surface area contributed by atoms with Gasteiger partial charge in [-0.1, -0.05) is 25.0 Å². The number of aromatic nitrogens is 1. The van der Waals surface area contributed by atoms with E-state index in [1.807, 2.05) is 11.4 Å². The van der Waals surface area contributed by atoms with Crippen LogP contribution in [-0.2, 0) is 0 Å². The van der Waals surface area contributed by atoms with Gasteiger partial charge in [0.05, 0.1) is 16.3 Å². The van der Waals surface area contributed by atoms with E-state index in [1.165, 1.54) is 29.5 Å². The largest absolute Gasteiger partial charge is 0.313 e. The summed E-state index contributed by atoms with van der Waals surface area (Å²) in [7, 11) is 0. The summed E-state index contributed by atoms with van der Waals surface area (Å²) in [5.74, 6) is -0.291. The highest BCUT2D eigenvalue weighted by Gasteiger charge is 2.22. The first kappa shape index (κ1) is 17.6. The van der Waals surface area contributed by atoms with Crippen LogP contribution in [0.15, 0.2) is 58.9 Å². The molecule has 1 fully saturated rings. The number of hydrogen-bond donors (Lipinski definition) is 0. The van der Waals surface area contributed by atoms with Gasteiger partial charge in [-0.3, -0.25) is 10.1 Å². The zero-order valence-corrected chi connectivity index (χ0v) is 15.4. The van der Waals surface area contributed by atoms with E-state index < -0.39 is 0 Å².